The lowest BCUT2D eigenvalue weighted by atomic mass is 10.3. The maximum atomic E-state index is 12.1. The molecule has 3 N–H and O–H groups in total. The summed E-state index contributed by atoms with van der Waals surface area (Å²) in [4.78, 5) is -0.110. The summed E-state index contributed by atoms with van der Waals surface area (Å²) in [7, 11) is -2.27. The van der Waals surface area contributed by atoms with Crippen LogP contribution in [0.3, 0.4) is 0 Å². The molecule has 0 amide bonds. The van der Waals surface area contributed by atoms with Gasteiger partial charge in [0.2, 0.25) is 0 Å². The van der Waals surface area contributed by atoms with Gasteiger partial charge in [0.25, 0.3) is 10.0 Å². The van der Waals surface area contributed by atoms with Gasteiger partial charge in [0.05, 0.1) is 10.7 Å². The van der Waals surface area contributed by atoms with E-state index in [0.29, 0.717) is 5.02 Å². The van der Waals surface area contributed by atoms with Crippen molar-refractivity contribution in [2.24, 2.45) is 7.05 Å². The zero-order valence-electron chi connectivity index (χ0n) is 9.76. The molecule has 0 saturated carbocycles. The predicted molar refractivity (Wildman–Crippen MR) is 74.9 cm³/mol. The van der Waals surface area contributed by atoms with Gasteiger partial charge in [-0.1, -0.05) is 23.2 Å². The SMILES string of the molecule is Cn1cc(S(=O)(=O)Nc2ccc(Cl)cc2Cl)c(N)n1. The molecule has 0 fully saturated rings. The molecule has 0 radical (unpaired) electrons. The molecule has 0 atom stereocenters. The van der Waals surface area contributed by atoms with Crippen LogP contribution in [0.2, 0.25) is 10.0 Å². The molecule has 1 aromatic carbocycles. The summed E-state index contributed by atoms with van der Waals surface area (Å²) >= 11 is 11.6. The number of hydrogen-bond acceptors (Lipinski definition) is 4. The average Bonchev–Trinajstić information content (AvgIpc) is 2.63. The molecule has 1 aromatic heterocycles. The van der Waals surface area contributed by atoms with Crippen molar-refractivity contribution >= 4 is 44.7 Å². The third-order valence-corrected chi connectivity index (χ3v) is 4.22. The minimum atomic E-state index is -3.84. The molecule has 0 spiro atoms. The zero-order chi connectivity index (χ0) is 14.2. The third kappa shape index (κ3) is 2.94. The molecule has 0 saturated heterocycles. The smallest absolute Gasteiger partial charge is 0.267 e. The first-order valence-corrected chi connectivity index (χ1v) is 7.30. The van der Waals surface area contributed by atoms with Gasteiger partial charge in [-0.15, -0.1) is 0 Å². The van der Waals surface area contributed by atoms with Crippen LogP contribution in [0.15, 0.2) is 29.3 Å². The standard InChI is InChI=1S/C10H10Cl2N4O2S/c1-16-5-9(10(13)14-16)19(17,18)15-8-3-2-6(11)4-7(8)12/h2-5,15H,1H3,(H2,13,14). The van der Waals surface area contributed by atoms with Crippen molar-refractivity contribution in [3.63, 3.8) is 0 Å². The number of nitrogens with two attached hydrogens (primary N) is 1. The van der Waals surface area contributed by atoms with Crippen LogP contribution in [0.4, 0.5) is 11.5 Å². The van der Waals surface area contributed by atoms with Crippen molar-refractivity contribution in [3.05, 3.63) is 34.4 Å². The Morgan fingerprint density at radius 3 is 2.58 bits per heavy atom. The van der Waals surface area contributed by atoms with Gasteiger partial charge >= 0.3 is 0 Å². The molecule has 2 rings (SSSR count). The number of sulfonamides is 1. The highest BCUT2D eigenvalue weighted by Gasteiger charge is 2.21. The summed E-state index contributed by atoms with van der Waals surface area (Å²) in [5.74, 6) is -0.0833. The molecule has 2 aromatic rings. The summed E-state index contributed by atoms with van der Waals surface area (Å²) in [6.45, 7) is 0. The largest absolute Gasteiger partial charge is 0.381 e. The molecule has 0 aliphatic carbocycles. The van der Waals surface area contributed by atoms with Gasteiger partial charge in [-0.2, -0.15) is 5.10 Å². The molecule has 6 nitrogen and oxygen atoms in total. The van der Waals surface area contributed by atoms with Crippen LogP contribution in [0.1, 0.15) is 0 Å². The fraction of sp³-hybridized carbons (Fsp3) is 0.100. The van der Waals surface area contributed by atoms with E-state index in [2.05, 4.69) is 9.82 Å². The van der Waals surface area contributed by atoms with E-state index in [-0.39, 0.29) is 21.4 Å². The molecular formula is C10H10Cl2N4O2S. The van der Waals surface area contributed by atoms with Crippen LogP contribution in [-0.4, -0.2) is 18.2 Å². The number of benzene rings is 1. The van der Waals surface area contributed by atoms with Crippen LogP contribution >= 0.6 is 23.2 Å². The minimum Gasteiger partial charge on any atom is -0.381 e. The Hall–Kier alpha value is -1.44. The average molecular weight is 321 g/mol. The number of nitrogens with zero attached hydrogens (tertiary/aromatic N) is 2. The number of anilines is 2. The fourth-order valence-corrected chi connectivity index (χ4v) is 3.16. The second kappa shape index (κ2) is 4.92. The Labute approximate surface area is 120 Å². The summed E-state index contributed by atoms with van der Waals surface area (Å²) in [5.41, 5.74) is 5.76. The highest BCUT2D eigenvalue weighted by Crippen LogP contribution is 2.28. The van der Waals surface area contributed by atoms with Crippen LogP contribution < -0.4 is 10.5 Å². The number of nitrogens with one attached hydrogen (secondary N) is 1. The molecule has 19 heavy (non-hydrogen) atoms. The number of aromatic nitrogens is 2. The Morgan fingerprint density at radius 1 is 1.37 bits per heavy atom. The molecular weight excluding hydrogens is 311 g/mol. The number of rotatable bonds is 3. The second-order valence-corrected chi connectivity index (χ2v) is 6.28. The van der Waals surface area contributed by atoms with Crippen LogP contribution in [-0.2, 0) is 17.1 Å². The third-order valence-electron chi connectivity index (χ3n) is 2.29. The highest BCUT2D eigenvalue weighted by atomic mass is 35.5. The molecule has 0 aliphatic heterocycles. The van der Waals surface area contributed by atoms with E-state index in [1.807, 2.05) is 0 Å². The summed E-state index contributed by atoms with van der Waals surface area (Å²) in [6.07, 6.45) is 1.31. The maximum absolute atomic E-state index is 12.1. The van der Waals surface area contributed by atoms with Gasteiger partial charge in [0, 0.05) is 18.3 Å². The number of aryl methyl sites for hydroxylation is 1. The summed E-state index contributed by atoms with van der Waals surface area (Å²) < 4.78 is 27.9. The number of halogens is 2. The monoisotopic (exact) mass is 320 g/mol. The lowest BCUT2D eigenvalue weighted by molar-refractivity contribution is 0.601. The van der Waals surface area contributed by atoms with E-state index in [1.54, 1.807) is 7.05 Å². The van der Waals surface area contributed by atoms with Gasteiger partial charge in [0.15, 0.2) is 5.82 Å². The number of nitrogen functional groups attached to an aromatic ring is 1. The van der Waals surface area contributed by atoms with Gasteiger partial charge in [-0.05, 0) is 18.2 Å². The van der Waals surface area contributed by atoms with E-state index in [9.17, 15) is 8.42 Å². The van der Waals surface area contributed by atoms with Crippen molar-refractivity contribution in [2.75, 3.05) is 10.5 Å². The van der Waals surface area contributed by atoms with Crippen molar-refractivity contribution < 1.29 is 8.42 Å². The molecule has 1 heterocycles. The molecule has 0 unspecified atom stereocenters. The Bertz CT molecular complexity index is 727. The first-order valence-electron chi connectivity index (χ1n) is 5.06. The van der Waals surface area contributed by atoms with Gasteiger partial charge < -0.3 is 5.73 Å². The van der Waals surface area contributed by atoms with E-state index in [4.69, 9.17) is 28.9 Å². The molecule has 9 heteroatoms. The minimum absolute atomic E-state index is 0.0833. The second-order valence-electron chi connectivity index (χ2n) is 3.78. The van der Waals surface area contributed by atoms with Crippen LogP contribution in [0, 0.1) is 0 Å². The van der Waals surface area contributed by atoms with Crippen molar-refractivity contribution in [1.82, 2.24) is 9.78 Å². The van der Waals surface area contributed by atoms with Crippen molar-refractivity contribution in [3.8, 4) is 0 Å². The van der Waals surface area contributed by atoms with E-state index in [1.165, 1.54) is 29.1 Å². The van der Waals surface area contributed by atoms with Crippen molar-refractivity contribution in [2.45, 2.75) is 4.90 Å². The number of hydrogen-bond donors (Lipinski definition) is 2. The first kappa shape index (κ1) is 14.0. The Balaban J connectivity index is 2.39. The molecule has 0 bridgehead atoms. The highest BCUT2D eigenvalue weighted by molar-refractivity contribution is 7.92. The Kier molecular flexibility index (Phi) is 3.62. The summed E-state index contributed by atoms with van der Waals surface area (Å²) in [5, 5.41) is 4.38. The fourth-order valence-electron chi connectivity index (χ4n) is 1.46. The van der Waals surface area contributed by atoms with Gasteiger partial charge in [-0.25, -0.2) is 8.42 Å². The predicted octanol–water partition coefficient (Wildman–Crippen LogP) is 2.11. The van der Waals surface area contributed by atoms with E-state index in [0.717, 1.165) is 0 Å². The lowest BCUT2D eigenvalue weighted by Crippen LogP contribution is -2.14. The van der Waals surface area contributed by atoms with Crippen LogP contribution in [0.25, 0.3) is 0 Å². The maximum Gasteiger partial charge on any atom is 0.267 e. The van der Waals surface area contributed by atoms with Gasteiger partial charge in [-0.3, -0.25) is 9.40 Å². The van der Waals surface area contributed by atoms with E-state index < -0.39 is 10.0 Å². The normalized spacial score (nSPS) is 11.5. The molecule has 102 valence electrons. The zero-order valence-corrected chi connectivity index (χ0v) is 12.1. The van der Waals surface area contributed by atoms with Crippen molar-refractivity contribution in [1.29, 1.82) is 0 Å². The summed E-state index contributed by atoms with van der Waals surface area (Å²) in [6, 6.07) is 4.43. The topological polar surface area (TPSA) is 90.0 Å². The van der Waals surface area contributed by atoms with Crippen LogP contribution in [0.5, 0.6) is 0 Å². The lowest BCUT2D eigenvalue weighted by Gasteiger charge is -2.08. The van der Waals surface area contributed by atoms with E-state index >= 15 is 0 Å². The molecule has 0 aliphatic rings. The Morgan fingerprint density at radius 2 is 2.05 bits per heavy atom. The quantitative estimate of drug-likeness (QED) is 0.906. The van der Waals surface area contributed by atoms with Gasteiger partial charge in [0.1, 0.15) is 4.90 Å². The first-order chi connectivity index (χ1) is 8.79.